The Kier molecular flexibility index (Phi) is 4.59. The Morgan fingerprint density at radius 2 is 2.12 bits per heavy atom. The SMILES string of the molecule is COCC(=O)COc1cccc(C)c1[N+](=O)[O-]. The molecule has 0 fully saturated rings. The molecule has 0 unspecified atom stereocenters. The minimum absolute atomic E-state index is 0.0698. The zero-order valence-electron chi connectivity index (χ0n) is 9.63. The topological polar surface area (TPSA) is 78.7 Å². The number of rotatable bonds is 6. The van der Waals surface area contributed by atoms with Crippen molar-refractivity contribution in [2.75, 3.05) is 20.3 Å². The molecule has 0 amide bonds. The lowest BCUT2D eigenvalue weighted by Crippen LogP contribution is -2.16. The molecule has 0 saturated carbocycles. The molecule has 0 aliphatic rings. The molecule has 0 heterocycles. The first-order valence-electron chi connectivity index (χ1n) is 4.93. The number of carbonyl (C=O) groups is 1. The van der Waals surface area contributed by atoms with Crippen LogP contribution in [-0.2, 0) is 9.53 Å². The molecule has 0 bridgehead atoms. The monoisotopic (exact) mass is 239 g/mol. The second kappa shape index (κ2) is 5.95. The number of nitrogens with zero attached hydrogens (tertiary/aromatic N) is 1. The van der Waals surface area contributed by atoms with Gasteiger partial charge in [-0.25, -0.2) is 0 Å². The number of para-hydroxylation sites is 1. The zero-order valence-corrected chi connectivity index (χ0v) is 9.63. The quantitative estimate of drug-likeness (QED) is 0.555. The van der Waals surface area contributed by atoms with E-state index in [9.17, 15) is 14.9 Å². The van der Waals surface area contributed by atoms with E-state index < -0.39 is 4.92 Å². The Hall–Kier alpha value is -1.95. The van der Waals surface area contributed by atoms with Crippen LogP contribution in [0.15, 0.2) is 18.2 Å². The second-order valence-corrected chi connectivity index (χ2v) is 3.44. The summed E-state index contributed by atoms with van der Waals surface area (Å²) in [6.45, 7) is 1.31. The van der Waals surface area contributed by atoms with E-state index in [1.807, 2.05) is 0 Å². The van der Waals surface area contributed by atoms with E-state index in [0.29, 0.717) is 5.56 Å². The third kappa shape index (κ3) is 3.53. The Bertz CT molecular complexity index is 430. The maximum atomic E-state index is 11.2. The summed E-state index contributed by atoms with van der Waals surface area (Å²) in [6.07, 6.45) is 0. The van der Waals surface area contributed by atoms with Gasteiger partial charge in [-0.1, -0.05) is 12.1 Å². The molecule has 1 aromatic rings. The van der Waals surface area contributed by atoms with E-state index in [2.05, 4.69) is 4.74 Å². The average Bonchev–Trinajstić information content (AvgIpc) is 2.26. The summed E-state index contributed by atoms with van der Waals surface area (Å²) in [5.41, 5.74) is 0.379. The molecular formula is C11H13NO5. The lowest BCUT2D eigenvalue weighted by molar-refractivity contribution is -0.386. The predicted molar refractivity (Wildman–Crippen MR) is 60.2 cm³/mol. The highest BCUT2D eigenvalue weighted by atomic mass is 16.6. The fourth-order valence-corrected chi connectivity index (χ4v) is 1.34. The van der Waals surface area contributed by atoms with Crippen LogP contribution in [0.25, 0.3) is 0 Å². The Labute approximate surface area is 98.3 Å². The maximum Gasteiger partial charge on any atom is 0.313 e. The lowest BCUT2D eigenvalue weighted by Gasteiger charge is -2.07. The highest BCUT2D eigenvalue weighted by Crippen LogP contribution is 2.29. The molecule has 0 aromatic heterocycles. The minimum atomic E-state index is -0.522. The molecule has 92 valence electrons. The van der Waals surface area contributed by atoms with Gasteiger partial charge in [-0.15, -0.1) is 0 Å². The Morgan fingerprint density at radius 1 is 1.41 bits per heavy atom. The van der Waals surface area contributed by atoms with Crippen molar-refractivity contribution >= 4 is 11.5 Å². The standard InChI is InChI=1S/C11H13NO5/c1-8-4-3-5-10(11(8)12(14)15)17-7-9(13)6-16-2/h3-5H,6-7H2,1-2H3. The van der Waals surface area contributed by atoms with Crippen molar-refractivity contribution in [3.05, 3.63) is 33.9 Å². The van der Waals surface area contributed by atoms with Gasteiger partial charge in [0.15, 0.2) is 11.5 Å². The third-order valence-corrected chi connectivity index (χ3v) is 2.08. The van der Waals surface area contributed by atoms with Crippen LogP contribution >= 0.6 is 0 Å². The number of hydrogen-bond acceptors (Lipinski definition) is 5. The van der Waals surface area contributed by atoms with Crippen LogP contribution in [0.4, 0.5) is 5.69 Å². The van der Waals surface area contributed by atoms with Gasteiger partial charge in [0.05, 0.1) is 4.92 Å². The van der Waals surface area contributed by atoms with Gasteiger partial charge >= 0.3 is 5.69 Å². The van der Waals surface area contributed by atoms with Crippen LogP contribution in [0.2, 0.25) is 0 Å². The maximum absolute atomic E-state index is 11.2. The van der Waals surface area contributed by atoms with Crippen molar-refractivity contribution in [3.63, 3.8) is 0 Å². The second-order valence-electron chi connectivity index (χ2n) is 3.44. The van der Waals surface area contributed by atoms with E-state index in [1.165, 1.54) is 13.2 Å². The van der Waals surface area contributed by atoms with E-state index in [1.54, 1.807) is 19.1 Å². The number of ketones is 1. The first kappa shape index (κ1) is 13.1. The average molecular weight is 239 g/mol. The molecule has 0 radical (unpaired) electrons. The third-order valence-electron chi connectivity index (χ3n) is 2.08. The van der Waals surface area contributed by atoms with Crippen LogP contribution in [0.5, 0.6) is 5.75 Å². The van der Waals surface area contributed by atoms with Crippen LogP contribution < -0.4 is 4.74 Å². The largest absolute Gasteiger partial charge is 0.479 e. The number of methoxy groups -OCH3 is 1. The summed E-state index contributed by atoms with van der Waals surface area (Å²) in [5.74, 6) is -0.178. The number of nitro groups is 1. The number of ether oxygens (including phenoxy) is 2. The number of aryl methyl sites for hydroxylation is 1. The molecular weight excluding hydrogens is 226 g/mol. The number of hydrogen-bond donors (Lipinski definition) is 0. The van der Waals surface area contributed by atoms with Crippen molar-refractivity contribution < 1.29 is 19.2 Å². The summed E-state index contributed by atoms with van der Waals surface area (Å²) >= 11 is 0. The van der Waals surface area contributed by atoms with Crippen LogP contribution in [0.1, 0.15) is 5.56 Å². The first-order valence-corrected chi connectivity index (χ1v) is 4.93. The van der Waals surface area contributed by atoms with Gasteiger partial charge in [0.1, 0.15) is 13.2 Å². The molecule has 6 nitrogen and oxygen atoms in total. The van der Waals surface area contributed by atoms with Gasteiger partial charge in [0.25, 0.3) is 0 Å². The molecule has 1 rings (SSSR count). The first-order chi connectivity index (χ1) is 8.06. The van der Waals surface area contributed by atoms with Gasteiger partial charge < -0.3 is 9.47 Å². The van der Waals surface area contributed by atoms with Crippen LogP contribution in [0, 0.1) is 17.0 Å². The highest BCUT2D eigenvalue weighted by Gasteiger charge is 2.18. The van der Waals surface area contributed by atoms with Crippen LogP contribution in [0.3, 0.4) is 0 Å². The molecule has 0 atom stereocenters. The fourth-order valence-electron chi connectivity index (χ4n) is 1.34. The molecule has 17 heavy (non-hydrogen) atoms. The smallest absolute Gasteiger partial charge is 0.313 e. The molecule has 0 N–H and O–H groups in total. The van der Waals surface area contributed by atoms with Crippen molar-refractivity contribution in [2.24, 2.45) is 0 Å². The van der Waals surface area contributed by atoms with Crippen molar-refractivity contribution in [1.29, 1.82) is 0 Å². The number of carbonyl (C=O) groups excluding carboxylic acids is 1. The summed E-state index contributed by atoms with van der Waals surface area (Å²) in [7, 11) is 1.40. The highest BCUT2D eigenvalue weighted by molar-refractivity contribution is 5.81. The minimum Gasteiger partial charge on any atom is -0.479 e. The number of Topliss-reactive ketones (excluding diaryl/α,β-unsaturated/α-hetero) is 1. The van der Waals surface area contributed by atoms with Gasteiger partial charge in [-0.3, -0.25) is 14.9 Å². The summed E-state index contributed by atoms with van der Waals surface area (Å²) < 4.78 is 9.75. The summed E-state index contributed by atoms with van der Waals surface area (Å²) in [5, 5.41) is 10.8. The molecule has 1 aromatic carbocycles. The van der Waals surface area contributed by atoms with Crippen molar-refractivity contribution in [1.82, 2.24) is 0 Å². The normalized spacial score (nSPS) is 10.0. The lowest BCUT2D eigenvalue weighted by atomic mass is 10.2. The van der Waals surface area contributed by atoms with Crippen molar-refractivity contribution in [2.45, 2.75) is 6.92 Å². The number of benzene rings is 1. The van der Waals surface area contributed by atoms with Gasteiger partial charge in [-0.2, -0.15) is 0 Å². The van der Waals surface area contributed by atoms with Crippen LogP contribution in [-0.4, -0.2) is 31.0 Å². The Balaban J connectivity index is 2.81. The predicted octanol–water partition coefficient (Wildman–Crippen LogP) is 1.50. The zero-order chi connectivity index (χ0) is 12.8. The Morgan fingerprint density at radius 3 is 2.71 bits per heavy atom. The van der Waals surface area contributed by atoms with E-state index in [-0.39, 0.29) is 30.4 Å². The molecule has 0 saturated heterocycles. The number of nitro benzene ring substituents is 1. The van der Waals surface area contributed by atoms with Gasteiger partial charge in [0.2, 0.25) is 0 Å². The fraction of sp³-hybridized carbons (Fsp3) is 0.364. The van der Waals surface area contributed by atoms with E-state index in [0.717, 1.165) is 0 Å². The summed E-state index contributed by atoms with van der Waals surface area (Å²) in [4.78, 5) is 21.5. The molecule has 0 aliphatic heterocycles. The summed E-state index contributed by atoms with van der Waals surface area (Å²) in [6, 6.07) is 4.71. The van der Waals surface area contributed by atoms with E-state index in [4.69, 9.17) is 4.74 Å². The van der Waals surface area contributed by atoms with Gasteiger partial charge in [-0.05, 0) is 13.0 Å². The molecule has 0 spiro atoms. The van der Waals surface area contributed by atoms with E-state index >= 15 is 0 Å². The molecule has 0 aliphatic carbocycles. The van der Waals surface area contributed by atoms with Crippen molar-refractivity contribution in [3.8, 4) is 5.75 Å². The molecule has 6 heteroatoms. The van der Waals surface area contributed by atoms with Gasteiger partial charge in [0, 0.05) is 12.7 Å².